The Morgan fingerprint density at radius 2 is 1.62 bits per heavy atom. The van der Waals surface area contributed by atoms with Gasteiger partial charge in [-0.2, -0.15) is 5.70 Å². The van der Waals surface area contributed by atoms with Crippen molar-refractivity contribution < 1.29 is 24.9 Å². The van der Waals surface area contributed by atoms with Crippen LogP contribution in [0.15, 0.2) is 78.5 Å². The molecule has 1 aliphatic rings. The van der Waals surface area contributed by atoms with E-state index in [1.807, 2.05) is 13.8 Å². The number of hydrogen-bond acceptors (Lipinski definition) is 4. The quantitative estimate of drug-likeness (QED) is 0.129. The number of benzene rings is 4. The third kappa shape index (κ3) is 7.35. The molecule has 4 aromatic carbocycles. The Kier molecular flexibility index (Phi) is 10.5. The van der Waals surface area contributed by atoms with Gasteiger partial charge in [0.05, 0.1) is 5.52 Å². The van der Waals surface area contributed by atoms with Crippen LogP contribution in [-0.4, -0.2) is 21.8 Å². The first-order valence-electron chi connectivity index (χ1n) is 15.7. The predicted octanol–water partition coefficient (Wildman–Crippen LogP) is 11.2. The van der Waals surface area contributed by atoms with Crippen LogP contribution in [-0.2, 0) is 24.9 Å². The standard InChI is InChI=1S/C28H21N2S.C11H19NO.Ir/c1-16(2)23-14-21(12-20-10-6-7-11-22(20)23)26-28-27(30-17(3)29-26)24-13-18-8-4-5-9-19(18)15-25(24)31-28;1-9(8-10(2)13)12-11-6-4-3-5-7-11;/h4-11,13-16H,1-3H3;8,11H,3-7H2,1-2H3,(H,12,13);/q-1;;/p-1. The number of rotatable bonds is 5. The van der Waals surface area contributed by atoms with Gasteiger partial charge in [-0.25, -0.2) is 4.98 Å². The Morgan fingerprint density at radius 1 is 0.933 bits per heavy atom. The van der Waals surface area contributed by atoms with Crippen molar-refractivity contribution >= 4 is 59.0 Å². The normalized spacial score (nSPS) is 14.0. The Labute approximate surface area is 283 Å². The van der Waals surface area contributed by atoms with Gasteiger partial charge in [-0.1, -0.05) is 106 Å². The summed E-state index contributed by atoms with van der Waals surface area (Å²) in [4.78, 5) is 20.5. The molecule has 6 aromatic rings. The van der Waals surface area contributed by atoms with Crippen molar-refractivity contribution in [2.24, 2.45) is 0 Å². The number of nitrogens with zero attached hydrogens (tertiary/aromatic N) is 3. The molecule has 0 atom stereocenters. The topological polar surface area (TPSA) is 57.0 Å². The molecule has 0 saturated heterocycles. The van der Waals surface area contributed by atoms with E-state index in [9.17, 15) is 4.79 Å². The number of fused-ring (bicyclic) bond motifs is 5. The van der Waals surface area contributed by atoms with Gasteiger partial charge in [0.2, 0.25) is 0 Å². The second kappa shape index (κ2) is 14.3. The van der Waals surface area contributed by atoms with E-state index in [1.54, 1.807) is 24.3 Å². The number of aryl methyl sites for hydroxylation is 1. The van der Waals surface area contributed by atoms with E-state index in [0.29, 0.717) is 12.0 Å². The van der Waals surface area contributed by atoms with E-state index in [0.717, 1.165) is 38.4 Å². The third-order valence-electron chi connectivity index (χ3n) is 8.35. The molecule has 4 nitrogen and oxygen atoms in total. The van der Waals surface area contributed by atoms with Crippen LogP contribution in [0.2, 0.25) is 0 Å². The molecular formula is C39H39IrN3OS-2. The zero-order valence-corrected chi connectivity index (χ0v) is 29.8. The summed E-state index contributed by atoms with van der Waals surface area (Å²) in [6.45, 7) is 9.96. The van der Waals surface area contributed by atoms with Gasteiger partial charge in [0.25, 0.3) is 0 Å². The molecule has 1 fully saturated rings. The minimum absolute atomic E-state index is 0. The molecule has 233 valence electrons. The average molecular weight is 790 g/mol. The summed E-state index contributed by atoms with van der Waals surface area (Å²) >= 11 is 1.78. The fraction of sp³-hybridized carbons (Fsp3) is 0.308. The first-order valence-corrected chi connectivity index (χ1v) is 16.5. The third-order valence-corrected chi connectivity index (χ3v) is 9.50. The number of carbonyl (C=O) groups excluding carboxylic acids is 1. The maximum absolute atomic E-state index is 10.8. The van der Waals surface area contributed by atoms with Crippen LogP contribution in [0.3, 0.4) is 0 Å². The zero-order valence-electron chi connectivity index (χ0n) is 26.6. The fourth-order valence-electron chi connectivity index (χ4n) is 6.32. The maximum Gasteiger partial charge on any atom is 0.151 e. The smallest absolute Gasteiger partial charge is 0.151 e. The number of carbonyl (C=O) groups is 1. The molecule has 7 rings (SSSR count). The first kappa shape index (κ1) is 32.9. The van der Waals surface area contributed by atoms with Gasteiger partial charge in [-0.15, -0.1) is 46.5 Å². The molecule has 0 bridgehead atoms. The zero-order chi connectivity index (χ0) is 30.8. The monoisotopic (exact) mass is 790 g/mol. The molecule has 0 spiro atoms. The fourth-order valence-corrected chi connectivity index (χ4v) is 7.49. The number of ketones is 1. The number of allylic oxidation sites excluding steroid dienone is 2. The molecule has 0 aliphatic heterocycles. The number of thiophene rings is 1. The summed E-state index contributed by atoms with van der Waals surface area (Å²) < 4.78 is 2.39. The molecule has 0 unspecified atom stereocenters. The summed E-state index contributed by atoms with van der Waals surface area (Å²) in [5, 5.41) is 10.6. The Bertz CT molecular complexity index is 2020. The molecule has 45 heavy (non-hydrogen) atoms. The van der Waals surface area contributed by atoms with Crippen LogP contribution < -0.4 is 0 Å². The van der Waals surface area contributed by atoms with Crippen LogP contribution in [0.25, 0.3) is 58.4 Å². The van der Waals surface area contributed by atoms with Crippen molar-refractivity contribution in [2.75, 3.05) is 0 Å². The predicted molar refractivity (Wildman–Crippen MR) is 188 cm³/mol. The Hall–Kier alpha value is -3.44. The van der Waals surface area contributed by atoms with Gasteiger partial charge in [0, 0.05) is 40.6 Å². The summed E-state index contributed by atoms with van der Waals surface area (Å²) in [6.07, 6.45) is 7.95. The van der Waals surface area contributed by atoms with Gasteiger partial charge >= 0.3 is 0 Å². The van der Waals surface area contributed by atoms with Gasteiger partial charge in [-0.05, 0) is 48.7 Å². The second-order valence-electron chi connectivity index (χ2n) is 12.3. The summed E-state index contributed by atoms with van der Waals surface area (Å²) in [6, 6.07) is 28.0. The van der Waals surface area contributed by atoms with Crippen molar-refractivity contribution in [1.82, 2.24) is 9.97 Å². The Morgan fingerprint density at radius 3 is 2.33 bits per heavy atom. The average Bonchev–Trinajstić information content (AvgIpc) is 3.36. The van der Waals surface area contributed by atoms with Crippen LogP contribution in [0.5, 0.6) is 0 Å². The van der Waals surface area contributed by atoms with E-state index in [4.69, 9.17) is 9.97 Å². The minimum atomic E-state index is 0. The molecule has 6 heteroatoms. The number of aromatic nitrogens is 2. The summed E-state index contributed by atoms with van der Waals surface area (Å²) in [5.74, 6) is 1.31. The molecule has 1 aliphatic carbocycles. The van der Waals surface area contributed by atoms with Crippen LogP contribution >= 0.6 is 11.3 Å². The van der Waals surface area contributed by atoms with Gasteiger partial charge in [0.1, 0.15) is 5.82 Å². The minimum Gasteiger partial charge on any atom is -0.685 e. The largest absolute Gasteiger partial charge is 0.685 e. The van der Waals surface area contributed by atoms with Crippen LogP contribution in [0.1, 0.15) is 77.1 Å². The van der Waals surface area contributed by atoms with Crippen molar-refractivity contribution in [3.8, 4) is 11.3 Å². The van der Waals surface area contributed by atoms with Crippen LogP contribution in [0.4, 0.5) is 0 Å². The molecule has 0 N–H and O–H groups in total. The molecule has 2 aromatic heterocycles. The summed E-state index contributed by atoms with van der Waals surface area (Å²) in [5.41, 5.74) is 5.30. The van der Waals surface area contributed by atoms with E-state index >= 15 is 0 Å². The van der Waals surface area contributed by atoms with Crippen molar-refractivity contribution in [3.05, 3.63) is 101 Å². The van der Waals surface area contributed by atoms with Crippen molar-refractivity contribution in [2.45, 2.75) is 78.7 Å². The van der Waals surface area contributed by atoms with E-state index in [2.05, 4.69) is 92.0 Å². The molecular weight excluding hydrogens is 751 g/mol. The summed E-state index contributed by atoms with van der Waals surface area (Å²) in [7, 11) is 0. The second-order valence-corrected chi connectivity index (χ2v) is 13.3. The van der Waals surface area contributed by atoms with E-state index < -0.39 is 0 Å². The van der Waals surface area contributed by atoms with Gasteiger partial charge < -0.3 is 5.32 Å². The van der Waals surface area contributed by atoms with Gasteiger partial charge in [-0.3, -0.25) is 9.78 Å². The molecule has 1 saturated carbocycles. The van der Waals surface area contributed by atoms with Crippen molar-refractivity contribution in [1.29, 1.82) is 0 Å². The molecule has 1 radical (unpaired) electrons. The van der Waals surface area contributed by atoms with Crippen molar-refractivity contribution in [3.63, 3.8) is 0 Å². The number of hydrogen-bond donors (Lipinski definition) is 0. The van der Waals surface area contributed by atoms with Gasteiger partial charge in [0.15, 0.2) is 5.78 Å². The van der Waals surface area contributed by atoms with E-state index in [1.165, 1.54) is 63.9 Å². The van der Waals surface area contributed by atoms with E-state index in [-0.39, 0.29) is 25.9 Å². The molecule has 2 heterocycles. The molecule has 0 amide bonds. The van der Waals surface area contributed by atoms with Crippen LogP contribution in [0, 0.1) is 13.0 Å². The first-order chi connectivity index (χ1) is 21.3. The SMILES string of the molecule is CC(=O)/C=C(/C)[N-]C1CCCCC1.Cc1nc(-c2[c-]c3ccccc3c(C(C)C)c2)c2sc3cc4ccccc4cc3c2n1.[Ir]. The Balaban J connectivity index is 0.000000243. The maximum atomic E-state index is 10.8.